The number of Topliss-reactive ketones (excluding diaryl/α,β-unsaturated/α-hetero) is 1. The first-order valence-electron chi connectivity index (χ1n) is 7.01. The zero-order valence-electron chi connectivity index (χ0n) is 11.9. The van der Waals surface area contributed by atoms with Crippen molar-refractivity contribution < 1.29 is 9.53 Å². The Hall–Kier alpha value is -0.880. The van der Waals surface area contributed by atoms with Crippen LogP contribution in [-0.4, -0.2) is 24.7 Å². The van der Waals surface area contributed by atoms with E-state index in [-0.39, 0.29) is 13.3 Å². The number of aryl methyl sites for hydroxylation is 1. The minimum Gasteiger partial charge on any atom is -0.497 e. The van der Waals surface area contributed by atoms with Crippen LogP contribution in [0.3, 0.4) is 0 Å². The minimum atomic E-state index is -0.199. The van der Waals surface area contributed by atoms with E-state index >= 15 is 0 Å². The van der Waals surface area contributed by atoms with E-state index in [9.17, 15) is 4.79 Å². The van der Waals surface area contributed by atoms with Crippen molar-refractivity contribution in [2.75, 3.05) is 13.3 Å². The first-order chi connectivity index (χ1) is 9.04. The Morgan fingerprint density at radius 3 is 2.84 bits per heavy atom. The standard InChI is InChI=1S/C16H21O2P/c1-16(2)14(17)8-9-19-13-10-12(18-3)6-4-11(13)5-7-15(16)19/h4,6,10,15H,5,7-9H2,1-3H3/t15-,19?/m1/s1. The van der Waals surface area contributed by atoms with Crippen LogP contribution in [0.1, 0.15) is 32.3 Å². The summed E-state index contributed by atoms with van der Waals surface area (Å²) in [6, 6.07) is 6.50. The van der Waals surface area contributed by atoms with Gasteiger partial charge in [-0.1, -0.05) is 27.8 Å². The van der Waals surface area contributed by atoms with Crippen molar-refractivity contribution >= 4 is 19.0 Å². The van der Waals surface area contributed by atoms with Crippen LogP contribution in [0.2, 0.25) is 0 Å². The maximum Gasteiger partial charge on any atom is 0.139 e. The highest BCUT2D eigenvalue weighted by Gasteiger charge is 2.46. The summed E-state index contributed by atoms with van der Waals surface area (Å²) >= 11 is 0. The van der Waals surface area contributed by atoms with Gasteiger partial charge in [-0.2, -0.15) is 0 Å². The van der Waals surface area contributed by atoms with Crippen molar-refractivity contribution in [2.45, 2.75) is 38.8 Å². The van der Waals surface area contributed by atoms with E-state index < -0.39 is 0 Å². The summed E-state index contributed by atoms with van der Waals surface area (Å²) in [6.07, 6.45) is 4.11. The van der Waals surface area contributed by atoms with E-state index in [0.29, 0.717) is 11.4 Å². The summed E-state index contributed by atoms with van der Waals surface area (Å²) in [5, 5.41) is 1.49. The van der Waals surface area contributed by atoms with E-state index in [1.54, 1.807) is 7.11 Å². The highest BCUT2D eigenvalue weighted by Crippen LogP contribution is 2.57. The van der Waals surface area contributed by atoms with Gasteiger partial charge in [-0.25, -0.2) is 0 Å². The Kier molecular flexibility index (Phi) is 3.17. The lowest BCUT2D eigenvalue weighted by atomic mass is 9.80. The number of benzene rings is 1. The number of rotatable bonds is 1. The van der Waals surface area contributed by atoms with E-state index in [1.165, 1.54) is 17.3 Å². The van der Waals surface area contributed by atoms with Crippen molar-refractivity contribution in [1.29, 1.82) is 0 Å². The molecular weight excluding hydrogens is 255 g/mol. The molecule has 1 aromatic rings. The van der Waals surface area contributed by atoms with Crippen molar-refractivity contribution in [1.82, 2.24) is 0 Å². The van der Waals surface area contributed by atoms with Crippen LogP contribution in [0.25, 0.3) is 0 Å². The predicted octanol–water partition coefficient (Wildman–Crippen LogP) is 3.12. The number of ketones is 1. The minimum absolute atomic E-state index is 0.134. The van der Waals surface area contributed by atoms with Gasteiger partial charge in [-0.05, 0) is 47.7 Å². The molecule has 1 saturated heterocycles. The van der Waals surface area contributed by atoms with Crippen LogP contribution in [0, 0.1) is 5.41 Å². The Morgan fingerprint density at radius 1 is 1.32 bits per heavy atom. The molecule has 2 aliphatic rings. The van der Waals surface area contributed by atoms with E-state index in [2.05, 4.69) is 32.0 Å². The number of fused-ring (bicyclic) bond motifs is 3. The fraction of sp³-hybridized carbons (Fsp3) is 0.562. The van der Waals surface area contributed by atoms with Gasteiger partial charge >= 0.3 is 0 Å². The lowest BCUT2D eigenvalue weighted by Gasteiger charge is -2.46. The average Bonchev–Trinajstić information content (AvgIpc) is 2.42. The fourth-order valence-electron chi connectivity index (χ4n) is 3.52. The Bertz CT molecular complexity index is 521. The quantitative estimate of drug-likeness (QED) is 0.737. The van der Waals surface area contributed by atoms with Crippen LogP contribution >= 0.6 is 7.92 Å². The summed E-state index contributed by atoms with van der Waals surface area (Å²) in [5.74, 6) is 1.42. The molecule has 3 heteroatoms. The van der Waals surface area contributed by atoms with Gasteiger partial charge in [-0.15, -0.1) is 0 Å². The number of carbonyl (C=O) groups excluding carboxylic acids is 1. The largest absolute Gasteiger partial charge is 0.497 e. The number of ether oxygens (including phenoxy) is 1. The molecule has 19 heavy (non-hydrogen) atoms. The molecule has 0 saturated carbocycles. The van der Waals surface area contributed by atoms with Gasteiger partial charge in [0.05, 0.1) is 7.11 Å². The van der Waals surface area contributed by atoms with E-state index in [4.69, 9.17) is 4.74 Å². The van der Waals surface area contributed by atoms with Crippen molar-refractivity contribution in [3.63, 3.8) is 0 Å². The third-order valence-corrected chi connectivity index (χ3v) is 8.19. The summed E-state index contributed by atoms with van der Waals surface area (Å²) < 4.78 is 5.38. The monoisotopic (exact) mass is 276 g/mol. The van der Waals surface area contributed by atoms with Gasteiger partial charge in [0.1, 0.15) is 11.5 Å². The lowest BCUT2D eigenvalue weighted by molar-refractivity contribution is -0.127. The molecule has 0 N–H and O–H groups in total. The highest BCUT2D eigenvalue weighted by atomic mass is 31.1. The highest BCUT2D eigenvalue weighted by molar-refractivity contribution is 7.66. The maximum atomic E-state index is 12.2. The summed E-state index contributed by atoms with van der Waals surface area (Å²) in [5.41, 5.74) is 1.90. The van der Waals surface area contributed by atoms with Crippen molar-refractivity contribution in [3.05, 3.63) is 23.8 Å². The van der Waals surface area contributed by atoms with Crippen LogP contribution in [-0.2, 0) is 11.2 Å². The van der Waals surface area contributed by atoms with Gasteiger partial charge < -0.3 is 4.74 Å². The summed E-state index contributed by atoms with van der Waals surface area (Å²) in [4.78, 5) is 12.2. The molecule has 2 nitrogen and oxygen atoms in total. The molecule has 1 unspecified atom stereocenters. The number of methoxy groups -OCH3 is 1. The van der Waals surface area contributed by atoms with Gasteiger partial charge in [0.2, 0.25) is 0 Å². The van der Waals surface area contributed by atoms with Crippen LogP contribution in [0.4, 0.5) is 0 Å². The van der Waals surface area contributed by atoms with E-state index in [1.807, 2.05) is 0 Å². The Morgan fingerprint density at radius 2 is 2.11 bits per heavy atom. The number of carbonyl (C=O) groups is 1. The molecule has 102 valence electrons. The van der Waals surface area contributed by atoms with E-state index in [0.717, 1.165) is 24.8 Å². The molecule has 1 aromatic carbocycles. The molecule has 0 aromatic heterocycles. The molecule has 2 aliphatic heterocycles. The molecule has 0 amide bonds. The van der Waals surface area contributed by atoms with Gasteiger partial charge in [-0.3, -0.25) is 4.79 Å². The molecule has 0 bridgehead atoms. The zero-order chi connectivity index (χ0) is 13.6. The molecule has 2 heterocycles. The normalized spacial score (nSPS) is 28.5. The van der Waals surface area contributed by atoms with Gasteiger partial charge in [0.25, 0.3) is 0 Å². The molecule has 0 radical (unpaired) electrons. The van der Waals surface area contributed by atoms with Gasteiger partial charge in [0.15, 0.2) is 0 Å². The summed E-state index contributed by atoms with van der Waals surface area (Å²) in [6.45, 7) is 4.30. The topological polar surface area (TPSA) is 26.3 Å². The fourth-order valence-corrected chi connectivity index (χ4v) is 7.07. The smallest absolute Gasteiger partial charge is 0.139 e. The second-order valence-electron chi connectivity index (χ2n) is 6.14. The molecule has 3 rings (SSSR count). The van der Waals surface area contributed by atoms with Gasteiger partial charge in [0, 0.05) is 11.8 Å². The molecule has 2 atom stereocenters. The Balaban J connectivity index is 2.03. The van der Waals surface area contributed by atoms with Crippen molar-refractivity contribution in [3.8, 4) is 5.75 Å². The average molecular weight is 276 g/mol. The Labute approximate surface area is 116 Å². The molecule has 1 fully saturated rings. The zero-order valence-corrected chi connectivity index (χ0v) is 12.8. The van der Waals surface area contributed by atoms with Crippen molar-refractivity contribution in [2.24, 2.45) is 5.41 Å². The molecular formula is C16H21O2P. The first kappa shape index (κ1) is 13.1. The number of hydrogen-bond acceptors (Lipinski definition) is 2. The molecule has 0 aliphatic carbocycles. The molecule has 0 spiro atoms. The third-order valence-electron chi connectivity index (χ3n) is 4.80. The predicted molar refractivity (Wildman–Crippen MR) is 79.9 cm³/mol. The second kappa shape index (κ2) is 4.59. The van der Waals surface area contributed by atoms with Crippen LogP contribution < -0.4 is 10.0 Å². The SMILES string of the molecule is COc1ccc2c(c1)P1CCC(=O)C(C)(C)[C@H]1CC2. The maximum absolute atomic E-state index is 12.2. The lowest BCUT2D eigenvalue weighted by Crippen LogP contribution is -2.45. The third kappa shape index (κ3) is 2.01. The van der Waals surface area contributed by atoms with Crippen LogP contribution in [0.15, 0.2) is 18.2 Å². The summed E-state index contributed by atoms with van der Waals surface area (Å²) in [7, 11) is 1.53. The first-order valence-corrected chi connectivity index (χ1v) is 8.60. The second-order valence-corrected chi connectivity index (χ2v) is 8.63. The van der Waals surface area contributed by atoms with Crippen LogP contribution in [0.5, 0.6) is 5.75 Å². The number of hydrogen-bond donors (Lipinski definition) is 0.